The largest absolute Gasteiger partial charge is 0.0985 e. The number of alkyl halides is 1. The molecule has 0 aromatic heterocycles. The second-order valence-electron chi connectivity index (χ2n) is 4.20. The van der Waals surface area contributed by atoms with Crippen molar-refractivity contribution < 1.29 is 0 Å². The predicted octanol–water partition coefficient (Wildman–Crippen LogP) is 4.72. The minimum absolute atomic E-state index is 0.764. The zero-order valence-electron chi connectivity index (χ0n) is 9.54. The average molecular weight is 314 g/mol. The van der Waals surface area contributed by atoms with Gasteiger partial charge in [0.15, 0.2) is 0 Å². The molecule has 0 amide bonds. The van der Waals surface area contributed by atoms with Crippen molar-refractivity contribution in [2.75, 3.05) is 0 Å². The summed E-state index contributed by atoms with van der Waals surface area (Å²) in [6, 6.07) is 8.53. The van der Waals surface area contributed by atoms with Crippen LogP contribution in [0.15, 0.2) is 30.8 Å². The molecule has 1 heteroatoms. The van der Waals surface area contributed by atoms with E-state index in [-0.39, 0.29) is 0 Å². The molecule has 1 unspecified atom stereocenters. The average Bonchev–Trinajstić information content (AvgIpc) is 2.26. The van der Waals surface area contributed by atoms with Crippen LogP contribution in [0.5, 0.6) is 0 Å². The lowest BCUT2D eigenvalue weighted by Gasteiger charge is -2.14. The van der Waals surface area contributed by atoms with Crippen LogP contribution in [0.3, 0.4) is 0 Å². The smallest absolute Gasteiger partial charge is 0.0136 e. The molecule has 0 heterocycles. The summed E-state index contributed by atoms with van der Waals surface area (Å²) in [5.41, 5.74) is 2.71. The molecule has 1 aromatic rings. The summed E-state index contributed by atoms with van der Waals surface area (Å²) in [6.45, 7) is 8.43. The molecule has 82 valence electrons. The summed E-state index contributed by atoms with van der Waals surface area (Å²) in [7, 11) is 0. The second kappa shape index (κ2) is 6.31. The first kappa shape index (κ1) is 12.8. The maximum absolute atomic E-state index is 3.85. The van der Waals surface area contributed by atoms with E-state index in [0.29, 0.717) is 0 Å². The van der Waals surface area contributed by atoms with Gasteiger partial charge in [-0.3, -0.25) is 0 Å². The summed E-state index contributed by atoms with van der Waals surface area (Å²) < 4.78 is 0.764. The van der Waals surface area contributed by atoms with Gasteiger partial charge >= 0.3 is 0 Å². The van der Waals surface area contributed by atoms with E-state index < -0.39 is 0 Å². The minimum Gasteiger partial charge on any atom is -0.0985 e. The lowest BCUT2D eigenvalue weighted by atomic mass is 9.99. The molecule has 0 spiro atoms. The summed E-state index contributed by atoms with van der Waals surface area (Å²) in [5, 5.41) is 0. The van der Waals surface area contributed by atoms with Crippen molar-refractivity contribution in [1.82, 2.24) is 0 Å². The van der Waals surface area contributed by atoms with Gasteiger partial charge in [-0.25, -0.2) is 0 Å². The Kier molecular flexibility index (Phi) is 5.37. The van der Waals surface area contributed by atoms with Crippen molar-refractivity contribution in [3.63, 3.8) is 0 Å². The normalized spacial score (nSPS) is 12.8. The molecule has 0 N–H and O–H groups in total. The Hall–Kier alpha value is -0.310. The molecule has 1 aromatic carbocycles. The van der Waals surface area contributed by atoms with Gasteiger partial charge in [-0.15, -0.1) is 0 Å². The lowest BCUT2D eigenvalue weighted by Crippen LogP contribution is -2.08. The number of rotatable bonds is 5. The van der Waals surface area contributed by atoms with Gasteiger partial charge in [0.05, 0.1) is 0 Å². The fraction of sp³-hybridized carbons (Fsp3) is 0.429. The quantitative estimate of drug-likeness (QED) is 0.545. The summed E-state index contributed by atoms with van der Waals surface area (Å²) >= 11 is 2.56. The molecule has 0 aliphatic rings. The number of hydrogen-bond donors (Lipinski definition) is 0. The van der Waals surface area contributed by atoms with Gasteiger partial charge in [-0.2, -0.15) is 0 Å². The molecule has 1 rings (SSSR count). The maximum atomic E-state index is 3.85. The molecule has 0 bridgehead atoms. The molecule has 0 radical (unpaired) electrons. The van der Waals surface area contributed by atoms with Gasteiger partial charge in [-0.1, -0.05) is 73.4 Å². The summed E-state index contributed by atoms with van der Waals surface area (Å²) in [5.74, 6) is 0.765. The van der Waals surface area contributed by atoms with Gasteiger partial charge in [0.1, 0.15) is 0 Å². The molecule has 0 fully saturated rings. The highest BCUT2D eigenvalue weighted by Crippen LogP contribution is 2.20. The Morgan fingerprint density at radius 3 is 2.60 bits per heavy atom. The van der Waals surface area contributed by atoms with Crippen LogP contribution in [0.2, 0.25) is 0 Å². The highest BCUT2D eigenvalue weighted by atomic mass is 127. The van der Waals surface area contributed by atoms with Crippen LogP contribution >= 0.6 is 22.6 Å². The Labute approximate surface area is 107 Å². The van der Waals surface area contributed by atoms with Crippen LogP contribution in [-0.4, -0.2) is 3.92 Å². The molecule has 0 saturated carbocycles. The van der Waals surface area contributed by atoms with Crippen molar-refractivity contribution in [2.45, 2.75) is 30.6 Å². The van der Waals surface area contributed by atoms with Gasteiger partial charge in [0.25, 0.3) is 0 Å². The Balaban J connectivity index is 2.61. The van der Waals surface area contributed by atoms with Gasteiger partial charge in [-0.05, 0) is 29.9 Å². The van der Waals surface area contributed by atoms with Crippen LogP contribution in [0.1, 0.15) is 31.4 Å². The fourth-order valence-electron chi connectivity index (χ4n) is 1.59. The first-order chi connectivity index (χ1) is 7.15. The molecule has 0 saturated heterocycles. The van der Waals surface area contributed by atoms with Crippen LogP contribution in [0.25, 0.3) is 6.08 Å². The predicted molar refractivity (Wildman–Crippen MR) is 77.5 cm³/mol. The zero-order valence-corrected chi connectivity index (χ0v) is 11.7. The number of hydrogen-bond acceptors (Lipinski definition) is 0. The van der Waals surface area contributed by atoms with E-state index >= 15 is 0 Å². The van der Waals surface area contributed by atoms with E-state index in [2.05, 4.69) is 67.3 Å². The Morgan fingerprint density at radius 2 is 2.00 bits per heavy atom. The first-order valence-corrected chi connectivity index (χ1v) is 6.74. The molecular formula is C14H19I. The van der Waals surface area contributed by atoms with Crippen molar-refractivity contribution in [1.29, 1.82) is 0 Å². The molecular weight excluding hydrogens is 295 g/mol. The number of halogens is 1. The third-order valence-electron chi connectivity index (χ3n) is 2.69. The van der Waals surface area contributed by atoms with Crippen LogP contribution in [-0.2, 0) is 6.42 Å². The lowest BCUT2D eigenvalue weighted by molar-refractivity contribution is 0.592. The SMILES string of the molecule is C=Cc1ccccc1CCC(I)C(C)C. The fourth-order valence-corrected chi connectivity index (χ4v) is 1.90. The number of benzene rings is 1. The monoisotopic (exact) mass is 314 g/mol. The Bertz CT molecular complexity index is 315. The molecule has 0 nitrogen and oxygen atoms in total. The Morgan fingerprint density at radius 1 is 1.33 bits per heavy atom. The highest BCUT2D eigenvalue weighted by Gasteiger charge is 2.09. The minimum atomic E-state index is 0.764. The van der Waals surface area contributed by atoms with Crippen LogP contribution in [0, 0.1) is 5.92 Å². The molecule has 15 heavy (non-hydrogen) atoms. The van der Waals surface area contributed by atoms with Crippen molar-refractivity contribution in [3.05, 3.63) is 42.0 Å². The molecule has 0 aliphatic carbocycles. The van der Waals surface area contributed by atoms with E-state index in [1.165, 1.54) is 17.5 Å². The van der Waals surface area contributed by atoms with Crippen LogP contribution < -0.4 is 0 Å². The van der Waals surface area contributed by atoms with Crippen molar-refractivity contribution in [3.8, 4) is 0 Å². The van der Waals surface area contributed by atoms with Gasteiger partial charge < -0.3 is 0 Å². The van der Waals surface area contributed by atoms with E-state index in [9.17, 15) is 0 Å². The molecule has 1 atom stereocenters. The van der Waals surface area contributed by atoms with Gasteiger partial charge in [0.2, 0.25) is 0 Å². The highest BCUT2D eigenvalue weighted by molar-refractivity contribution is 14.1. The van der Waals surface area contributed by atoms with E-state index in [1.807, 2.05) is 6.08 Å². The molecule has 0 aliphatic heterocycles. The van der Waals surface area contributed by atoms with Crippen LogP contribution in [0.4, 0.5) is 0 Å². The van der Waals surface area contributed by atoms with E-state index in [1.54, 1.807) is 0 Å². The topological polar surface area (TPSA) is 0 Å². The van der Waals surface area contributed by atoms with E-state index in [0.717, 1.165) is 16.3 Å². The van der Waals surface area contributed by atoms with E-state index in [4.69, 9.17) is 0 Å². The maximum Gasteiger partial charge on any atom is 0.0136 e. The number of aryl methyl sites for hydroxylation is 1. The van der Waals surface area contributed by atoms with Crippen molar-refractivity contribution in [2.24, 2.45) is 5.92 Å². The summed E-state index contributed by atoms with van der Waals surface area (Å²) in [4.78, 5) is 0. The van der Waals surface area contributed by atoms with Crippen molar-refractivity contribution >= 4 is 28.7 Å². The third kappa shape index (κ3) is 3.98. The summed E-state index contributed by atoms with van der Waals surface area (Å²) in [6.07, 6.45) is 4.37. The zero-order chi connectivity index (χ0) is 11.3. The van der Waals surface area contributed by atoms with Gasteiger partial charge in [0, 0.05) is 3.92 Å². The third-order valence-corrected chi connectivity index (χ3v) is 4.75. The second-order valence-corrected chi connectivity index (χ2v) is 5.80. The standard InChI is InChI=1S/C14H19I/c1-4-12-7-5-6-8-13(12)9-10-14(15)11(2)3/h4-8,11,14H,1,9-10H2,2-3H3. The first-order valence-electron chi connectivity index (χ1n) is 5.49.